The Morgan fingerprint density at radius 1 is 1.50 bits per heavy atom. The van der Waals surface area contributed by atoms with Gasteiger partial charge in [-0.05, 0) is 44.4 Å². The molecule has 2 atom stereocenters. The topological polar surface area (TPSA) is 29.1 Å². The van der Waals surface area contributed by atoms with Crippen molar-refractivity contribution in [3.8, 4) is 0 Å². The van der Waals surface area contributed by atoms with Crippen molar-refractivity contribution >= 4 is 5.91 Å². The van der Waals surface area contributed by atoms with Crippen LogP contribution in [0.4, 0.5) is 0 Å². The Morgan fingerprint density at radius 2 is 2.19 bits per heavy atom. The summed E-state index contributed by atoms with van der Waals surface area (Å²) < 4.78 is 0. The van der Waals surface area contributed by atoms with E-state index in [1.807, 2.05) is 6.92 Å². The number of hydrogen-bond donors (Lipinski definition) is 1. The van der Waals surface area contributed by atoms with Crippen molar-refractivity contribution < 1.29 is 4.79 Å². The van der Waals surface area contributed by atoms with E-state index in [9.17, 15) is 4.79 Å². The van der Waals surface area contributed by atoms with Crippen molar-refractivity contribution in [2.45, 2.75) is 46.5 Å². The predicted octanol–water partition coefficient (Wildman–Crippen LogP) is 3.14. The highest BCUT2D eigenvalue weighted by atomic mass is 16.1. The summed E-state index contributed by atoms with van der Waals surface area (Å²) in [4.78, 5) is 11.5. The van der Waals surface area contributed by atoms with Crippen LogP contribution < -0.4 is 5.32 Å². The van der Waals surface area contributed by atoms with Crippen molar-refractivity contribution in [2.75, 3.05) is 7.05 Å². The normalized spacial score (nSPS) is 22.8. The van der Waals surface area contributed by atoms with Gasteiger partial charge in [0, 0.05) is 7.05 Å². The Balaban J connectivity index is 2.49. The maximum Gasteiger partial charge on any atom is 0.226 e. The van der Waals surface area contributed by atoms with Crippen molar-refractivity contribution in [3.05, 3.63) is 11.6 Å². The van der Waals surface area contributed by atoms with Gasteiger partial charge >= 0.3 is 0 Å². The van der Waals surface area contributed by atoms with E-state index in [0.29, 0.717) is 0 Å². The van der Waals surface area contributed by atoms with Crippen LogP contribution in [0.1, 0.15) is 46.5 Å². The molecular formula is C14H25NO. The molecule has 1 aliphatic rings. The van der Waals surface area contributed by atoms with Crippen LogP contribution in [0.3, 0.4) is 0 Å². The van der Waals surface area contributed by atoms with E-state index >= 15 is 0 Å². The number of rotatable bonds is 4. The van der Waals surface area contributed by atoms with Gasteiger partial charge in [-0.3, -0.25) is 4.79 Å². The van der Waals surface area contributed by atoms with E-state index in [1.54, 1.807) is 7.05 Å². The van der Waals surface area contributed by atoms with Crippen LogP contribution in [-0.4, -0.2) is 13.0 Å². The van der Waals surface area contributed by atoms with Gasteiger partial charge in [0.05, 0.1) is 5.92 Å². The summed E-state index contributed by atoms with van der Waals surface area (Å²) in [6.07, 6.45) is 7.14. The second-order valence-corrected chi connectivity index (χ2v) is 5.38. The lowest BCUT2D eigenvalue weighted by molar-refractivity contribution is -0.123. The van der Waals surface area contributed by atoms with Gasteiger partial charge in [-0.25, -0.2) is 0 Å². The van der Waals surface area contributed by atoms with Crippen molar-refractivity contribution in [1.82, 2.24) is 5.32 Å². The minimum absolute atomic E-state index is 0.0602. The molecule has 1 rings (SSSR count). The molecule has 1 aliphatic carbocycles. The second kappa shape index (κ2) is 6.07. The number of carbonyl (C=O) groups is 1. The third kappa shape index (κ3) is 3.66. The summed E-state index contributed by atoms with van der Waals surface area (Å²) >= 11 is 0. The molecule has 0 fully saturated rings. The first-order chi connectivity index (χ1) is 7.54. The van der Waals surface area contributed by atoms with Gasteiger partial charge in [0.25, 0.3) is 0 Å². The highest BCUT2D eigenvalue weighted by molar-refractivity contribution is 5.80. The summed E-state index contributed by atoms with van der Waals surface area (Å²) in [6.45, 7) is 6.58. The van der Waals surface area contributed by atoms with Crippen molar-refractivity contribution in [3.63, 3.8) is 0 Å². The molecule has 0 saturated heterocycles. The molecule has 92 valence electrons. The first-order valence-corrected chi connectivity index (χ1v) is 6.45. The molecule has 0 radical (unpaired) electrons. The smallest absolute Gasteiger partial charge is 0.226 e. The lowest BCUT2D eigenvalue weighted by Crippen LogP contribution is -2.27. The Bertz CT molecular complexity index is 268. The van der Waals surface area contributed by atoms with E-state index < -0.39 is 0 Å². The second-order valence-electron chi connectivity index (χ2n) is 5.38. The lowest BCUT2D eigenvalue weighted by Gasteiger charge is -2.25. The molecule has 2 nitrogen and oxygen atoms in total. The molecule has 0 aromatic heterocycles. The number of nitrogens with one attached hydrogen (secondary N) is 1. The van der Waals surface area contributed by atoms with Gasteiger partial charge in [0.15, 0.2) is 0 Å². The fraction of sp³-hybridized carbons (Fsp3) is 0.786. The fourth-order valence-corrected chi connectivity index (χ4v) is 2.57. The van der Waals surface area contributed by atoms with Crippen LogP contribution in [0.5, 0.6) is 0 Å². The van der Waals surface area contributed by atoms with Crippen LogP contribution in [-0.2, 0) is 4.79 Å². The summed E-state index contributed by atoms with van der Waals surface area (Å²) in [7, 11) is 1.71. The highest BCUT2D eigenvalue weighted by Gasteiger charge is 2.21. The van der Waals surface area contributed by atoms with Crippen molar-refractivity contribution in [1.29, 1.82) is 0 Å². The van der Waals surface area contributed by atoms with Crippen LogP contribution in [0.15, 0.2) is 11.6 Å². The Hall–Kier alpha value is -0.790. The molecular weight excluding hydrogens is 198 g/mol. The first-order valence-electron chi connectivity index (χ1n) is 6.45. The Labute approximate surface area is 99.5 Å². The van der Waals surface area contributed by atoms with E-state index in [-0.39, 0.29) is 11.8 Å². The fourth-order valence-electron chi connectivity index (χ4n) is 2.57. The van der Waals surface area contributed by atoms with E-state index in [2.05, 4.69) is 25.2 Å². The monoisotopic (exact) mass is 223 g/mol. The van der Waals surface area contributed by atoms with Gasteiger partial charge in [0.1, 0.15) is 0 Å². The lowest BCUT2D eigenvalue weighted by atomic mass is 9.81. The summed E-state index contributed by atoms with van der Waals surface area (Å²) in [5, 5.41) is 2.73. The zero-order valence-corrected chi connectivity index (χ0v) is 11.0. The molecule has 16 heavy (non-hydrogen) atoms. The Morgan fingerprint density at radius 3 is 2.62 bits per heavy atom. The van der Waals surface area contributed by atoms with Crippen molar-refractivity contribution in [2.24, 2.45) is 17.8 Å². The van der Waals surface area contributed by atoms with E-state index in [1.165, 1.54) is 18.4 Å². The molecule has 0 spiro atoms. The van der Waals surface area contributed by atoms with Gasteiger partial charge in [-0.1, -0.05) is 25.5 Å². The van der Waals surface area contributed by atoms with Crippen LogP contribution in [0, 0.1) is 17.8 Å². The molecule has 2 heteroatoms. The third-order valence-electron chi connectivity index (χ3n) is 3.56. The van der Waals surface area contributed by atoms with E-state index in [4.69, 9.17) is 0 Å². The SMILES string of the molecule is CNC(=O)[C@@H](C)C1=CC[C@@H](CC(C)C)CC1. The zero-order chi connectivity index (χ0) is 12.1. The molecule has 0 bridgehead atoms. The molecule has 0 aliphatic heterocycles. The van der Waals surface area contributed by atoms with Crippen LogP contribution in [0.25, 0.3) is 0 Å². The van der Waals surface area contributed by atoms with Gasteiger partial charge in [-0.2, -0.15) is 0 Å². The first kappa shape index (κ1) is 13.3. The van der Waals surface area contributed by atoms with Crippen LogP contribution in [0.2, 0.25) is 0 Å². The summed E-state index contributed by atoms with van der Waals surface area (Å²) in [5.74, 6) is 1.83. The van der Waals surface area contributed by atoms with Gasteiger partial charge in [0.2, 0.25) is 5.91 Å². The Kier molecular flexibility index (Phi) is 5.04. The molecule has 0 aromatic rings. The maximum absolute atomic E-state index is 11.5. The number of carbonyl (C=O) groups excluding carboxylic acids is 1. The van der Waals surface area contributed by atoms with E-state index in [0.717, 1.165) is 24.7 Å². The highest BCUT2D eigenvalue weighted by Crippen LogP contribution is 2.31. The average molecular weight is 223 g/mol. The quantitative estimate of drug-likeness (QED) is 0.729. The molecule has 0 aromatic carbocycles. The minimum atomic E-state index is 0.0602. The minimum Gasteiger partial charge on any atom is -0.359 e. The largest absolute Gasteiger partial charge is 0.359 e. The standard InChI is InChI=1S/C14H25NO/c1-10(2)9-12-5-7-13(8-6-12)11(3)14(16)15-4/h7,10-12H,5-6,8-9H2,1-4H3,(H,15,16)/t11-,12+/m0/s1. The molecule has 0 heterocycles. The third-order valence-corrected chi connectivity index (χ3v) is 3.56. The summed E-state index contributed by atoms with van der Waals surface area (Å²) in [5.41, 5.74) is 1.33. The number of allylic oxidation sites excluding steroid dienone is 1. The molecule has 1 amide bonds. The zero-order valence-electron chi connectivity index (χ0n) is 11.0. The van der Waals surface area contributed by atoms with Gasteiger partial charge in [-0.15, -0.1) is 0 Å². The molecule has 1 N–H and O–H groups in total. The van der Waals surface area contributed by atoms with Crippen LogP contribution >= 0.6 is 0 Å². The number of amides is 1. The molecule has 0 saturated carbocycles. The summed E-state index contributed by atoms with van der Waals surface area (Å²) in [6, 6.07) is 0. The molecule has 0 unspecified atom stereocenters. The van der Waals surface area contributed by atoms with Gasteiger partial charge < -0.3 is 5.32 Å². The predicted molar refractivity (Wildman–Crippen MR) is 68.1 cm³/mol. The average Bonchev–Trinajstić information content (AvgIpc) is 2.27. The number of hydrogen-bond acceptors (Lipinski definition) is 1. The maximum atomic E-state index is 11.5.